The van der Waals surface area contributed by atoms with Crippen molar-refractivity contribution in [3.63, 3.8) is 0 Å². The van der Waals surface area contributed by atoms with E-state index in [2.05, 4.69) is 10.3 Å². The molecule has 1 amide bonds. The number of fused-ring (bicyclic) bond motifs is 1. The Hall–Kier alpha value is -3.20. The van der Waals surface area contributed by atoms with E-state index in [1.54, 1.807) is 38.2 Å². The Morgan fingerprint density at radius 2 is 2.08 bits per heavy atom. The number of carbonyl (C=O) groups excluding carboxylic acids is 1. The van der Waals surface area contributed by atoms with E-state index in [-0.39, 0.29) is 11.3 Å². The number of anilines is 2. The van der Waals surface area contributed by atoms with Crippen molar-refractivity contribution >= 4 is 44.0 Å². The summed E-state index contributed by atoms with van der Waals surface area (Å²) in [6, 6.07) is 9.69. The van der Waals surface area contributed by atoms with Crippen LogP contribution in [-0.2, 0) is 0 Å². The van der Waals surface area contributed by atoms with Crippen LogP contribution in [-0.4, -0.2) is 37.0 Å². The normalized spacial score (nSPS) is 10.6. The van der Waals surface area contributed by atoms with Crippen LogP contribution in [0.4, 0.5) is 16.5 Å². The summed E-state index contributed by atoms with van der Waals surface area (Å²) < 4.78 is 6.14. The monoisotopic (exact) mass is 372 g/mol. The molecule has 134 valence electrons. The highest BCUT2D eigenvalue weighted by molar-refractivity contribution is 7.22. The van der Waals surface area contributed by atoms with Crippen LogP contribution in [0.15, 0.2) is 36.4 Å². The van der Waals surface area contributed by atoms with Crippen molar-refractivity contribution in [2.75, 3.05) is 31.4 Å². The smallest absolute Gasteiger partial charge is 0.270 e. The predicted molar refractivity (Wildman–Crippen MR) is 102 cm³/mol. The largest absolute Gasteiger partial charge is 0.494 e. The minimum atomic E-state index is -0.529. The van der Waals surface area contributed by atoms with Gasteiger partial charge in [-0.3, -0.25) is 20.2 Å². The van der Waals surface area contributed by atoms with Crippen molar-refractivity contribution in [3.8, 4) is 5.75 Å². The first-order chi connectivity index (χ1) is 12.4. The molecule has 3 aromatic rings. The zero-order valence-corrected chi connectivity index (χ0v) is 15.2. The highest BCUT2D eigenvalue weighted by Gasteiger charge is 2.19. The first-order valence-corrected chi connectivity index (χ1v) is 8.43. The molecule has 0 fully saturated rings. The van der Waals surface area contributed by atoms with Gasteiger partial charge in [-0.25, -0.2) is 4.98 Å². The number of thiazole rings is 1. The molecule has 0 saturated heterocycles. The molecule has 1 heterocycles. The fraction of sp³-hybridized carbons (Fsp3) is 0.176. The zero-order valence-electron chi connectivity index (χ0n) is 14.3. The van der Waals surface area contributed by atoms with Crippen LogP contribution in [0.1, 0.15) is 10.4 Å². The molecule has 0 aliphatic carbocycles. The lowest BCUT2D eigenvalue weighted by atomic mass is 10.1. The highest BCUT2D eigenvalue weighted by Crippen LogP contribution is 2.33. The number of nitro benzene ring substituents is 1. The van der Waals surface area contributed by atoms with E-state index < -0.39 is 10.8 Å². The maximum atomic E-state index is 12.7. The summed E-state index contributed by atoms with van der Waals surface area (Å²) in [5.74, 6) is 0.152. The van der Waals surface area contributed by atoms with Gasteiger partial charge in [0, 0.05) is 31.9 Å². The Morgan fingerprint density at radius 1 is 1.31 bits per heavy atom. The van der Waals surface area contributed by atoms with Crippen LogP contribution >= 0.6 is 11.3 Å². The molecule has 26 heavy (non-hydrogen) atoms. The van der Waals surface area contributed by atoms with Crippen LogP contribution in [0.2, 0.25) is 0 Å². The van der Waals surface area contributed by atoms with Gasteiger partial charge in [0.1, 0.15) is 11.3 Å². The third kappa shape index (κ3) is 3.29. The van der Waals surface area contributed by atoms with Gasteiger partial charge in [-0.05, 0) is 18.2 Å². The van der Waals surface area contributed by atoms with Crippen LogP contribution in [0.5, 0.6) is 5.75 Å². The lowest BCUT2D eigenvalue weighted by Gasteiger charge is -2.16. The van der Waals surface area contributed by atoms with Crippen molar-refractivity contribution in [1.29, 1.82) is 0 Å². The molecule has 3 rings (SSSR count). The molecule has 0 unspecified atom stereocenters. The predicted octanol–water partition coefficient (Wildman–Crippen LogP) is 3.53. The number of nitro groups is 1. The van der Waals surface area contributed by atoms with Crippen molar-refractivity contribution < 1.29 is 14.5 Å². The summed E-state index contributed by atoms with van der Waals surface area (Å²) in [4.78, 5) is 29.3. The Kier molecular flexibility index (Phi) is 4.72. The number of benzene rings is 2. The van der Waals surface area contributed by atoms with Crippen molar-refractivity contribution in [3.05, 3.63) is 52.1 Å². The van der Waals surface area contributed by atoms with Crippen LogP contribution < -0.4 is 15.0 Å². The van der Waals surface area contributed by atoms with Crippen LogP contribution in [0.25, 0.3) is 10.2 Å². The molecule has 0 bridgehead atoms. The molecule has 8 nitrogen and oxygen atoms in total. The highest BCUT2D eigenvalue weighted by atomic mass is 32.1. The third-order valence-corrected chi connectivity index (χ3v) is 4.68. The summed E-state index contributed by atoms with van der Waals surface area (Å²) >= 11 is 1.30. The average molecular weight is 372 g/mol. The number of nitrogens with zero attached hydrogens (tertiary/aromatic N) is 3. The molecule has 0 saturated carbocycles. The van der Waals surface area contributed by atoms with E-state index in [4.69, 9.17) is 4.74 Å². The van der Waals surface area contributed by atoms with Gasteiger partial charge in [0.25, 0.3) is 11.6 Å². The van der Waals surface area contributed by atoms with E-state index in [0.717, 1.165) is 4.70 Å². The summed E-state index contributed by atoms with van der Waals surface area (Å²) in [6.07, 6.45) is 0. The lowest BCUT2D eigenvalue weighted by Crippen LogP contribution is -2.18. The molecule has 0 radical (unpaired) electrons. The molecule has 1 aromatic heterocycles. The Morgan fingerprint density at radius 3 is 2.73 bits per heavy atom. The van der Waals surface area contributed by atoms with E-state index in [1.165, 1.54) is 23.5 Å². The van der Waals surface area contributed by atoms with Crippen molar-refractivity contribution in [2.45, 2.75) is 0 Å². The molecule has 0 atom stereocenters. The van der Waals surface area contributed by atoms with Gasteiger partial charge in [0.2, 0.25) is 0 Å². The number of non-ortho nitro benzene ring substituents is 1. The van der Waals surface area contributed by atoms with Gasteiger partial charge >= 0.3 is 0 Å². The van der Waals surface area contributed by atoms with Crippen molar-refractivity contribution in [1.82, 2.24) is 4.98 Å². The number of hydrogen-bond acceptors (Lipinski definition) is 7. The van der Waals surface area contributed by atoms with Gasteiger partial charge in [-0.1, -0.05) is 17.4 Å². The molecule has 0 spiro atoms. The zero-order chi connectivity index (χ0) is 18.8. The van der Waals surface area contributed by atoms with E-state index in [1.807, 2.05) is 12.1 Å². The Balaban J connectivity index is 1.97. The summed E-state index contributed by atoms with van der Waals surface area (Å²) in [5, 5.41) is 14.2. The molecule has 9 heteroatoms. The minimum Gasteiger partial charge on any atom is -0.494 e. The number of hydrogen-bond donors (Lipinski definition) is 1. The SMILES string of the molecule is COc1cccc2sc(NC(=O)c3cc([N+](=O)[O-])ccc3N(C)C)nc12. The van der Waals surface area contributed by atoms with Gasteiger partial charge in [-0.15, -0.1) is 0 Å². The Labute approximate surface area is 153 Å². The quantitative estimate of drug-likeness (QED) is 0.543. The average Bonchev–Trinajstić information content (AvgIpc) is 3.03. The molecule has 0 aliphatic rings. The maximum Gasteiger partial charge on any atom is 0.270 e. The first-order valence-electron chi connectivity index (χ1n) is 7.61. The second-order valence-corrected chi connectivity index (χ2v) is 6.66. The number of nitrogens with one attached hydrogen (secondary N) is 1. The standard InChI is InChI=1S/C17H16N4O4S/c1-20(2)12-8-7-10(21(23)24)9-11(12)16(22)19-17-18-15-13(25-3)5-4-6-14(15)26-17/h4-9H,1-3H3,(H,18,19,22). The van der Waals surface area contributed by atoms with Gasteiger partial charge in [-0.2, -0.15) is 0 Å². The van der Waals surface area contributed by atoms with E-state index in [9.17, 15) is 14.9 Å². The number of para-hydroxylation sites is 1. The number of amides is 1. The van der Waals surface area contributed by atoms with Crippen LogP contribution in [0, 0.1) is 10.1 Å². The summed E-state index contributed by atoms with van der Waals surface area (Å²) in [6.45, 7) is 0. The molecule has 1 N–H and O–H groups in total. The van der Waals surface area contributed by atoms with Gasteiger partial charge < -0.3 is 9.64 Å². The number of carbonyl (C=O) groups is 1. The maximum absolute atomic E-state index is 12.7. The van der Waals surface area contributed by atoms with E-state index >= 15 is 0 Å². The molecular formula is C17H16N4O4S. The fourth-order valence-electron chi connectivity index (χ4n) is 2.52. The van der Waals surface area contributed by atoms with Gasteiger partial charge in [0.15, 0.2) is 5.13 Å². The lowest BCUT2D eigenvalue weighted by molar-refractivity contribution is -0.384. The summed E-state index contributed by atoms with van der Waals surface area (Å²) in [5.41, 5.74) is 1.29. The third-order valence-electron chi connectivity index (χ3n) is 3.74. The topological polar surface area (TPSA) is 97.6 Å². The van der Waals surface area contributed by atoms with E-state index in [0.29, 0.717) is 22.1 Å². The van der Waals surface area contributed by atoms with Crippen LogP contribution in [0.3, 0.4) is 0 Å². The molecule has 0 aliphatic heterocycles. The number of aromatic nitrogens is 1. The Bertz CT molecular complexity index is 1000. The number of ether oxygens (including phenoxy) is 1. The molecule has 2 aromatic carbocycles. The second-order valence-electron chi connectivity index (χ2n) is 5.63. The van der Waals surface area contributed by atoms with Crippen molar-refractivity contribution in [2.24, 2.45) is 0 Å². The number of methoxy groups -OCH3 is 1. The molecular weight excluding hydrogens is 356 g/mol. The van der Waals surface area contributed by atoms with Gasteiger partial charge in [0.05, 0.1) is 22.3 Å². The summed E-state index contributed by atoms with van der Waals surface area (Å²) in [7, 11) is 5.08. The fourth-order valence-corrected chi connectivity index (χ4v) is 3.39. The first kappa shape index (κ1) is 17.6. The second kappa shape index (κ2) is 6.96. The number of rotatable bonds is 5. The minimum absolute atomic E-state index is 0.147.